The van der Waals surface area contributed by atoms with E-state index in [1.165, 1.54) is 11.3 Å². The lowest BCUT2D eigenvalue weighted by molar-refractivity contribution is 0.415. The molecule has 0 bridgehead atoms. The molecule has 0 aliphatic heterocycles. The van der Waals surface area contributed by atoms with Gasteiger partial charge in [-0.15, -0.1) is 11.3 Å². The Hall–Kier alpha value is -2.36. The van der Waals surface area contributed by atoms with Crippen molar-refractivity contribution in [1.29, 1.82) is 5.26 Å². The lowest BCUT2D eigenvalue weighted by atomic mass is 10.0. The van der Waals surface area contributed by atoms with Crippen LogP contribution in [0.2, 0.25) is 0 Å². The number of nitrogens with one attached hydrogen (secondary N) is 1. The molecular weight excluding hydrogens is 376 g/mol. The number of pyridine rings is 1. The molecule has 0 spiro atoms. The molecule has 3 aromatic rings. The lowest BCUT2D eigenvalue weighted by Gasteiger charge is -2.07. The van der Waals surface area contributed by atoms with E-state index in [4.69, 9.17) is 4.74 Å². The fourth-order valence-corrected chi connectivity index (χ4v) is 3.66. The van der Waals surface area contributed by atoms with Gasteiger partial charge < -0.3 is 9.72 Å². The molecule has 3 rings (SSSR count). The number of ether oxygens (including phenoxy) is 1. The quantitative estimate of drug-likeness (QED) is 0.724. The van der Waals surface area contributed by atoms with Gasteiger partial charge in [-0.3, -0.25) is 4.79 Å². The molecule has 23 heavy (non-hydrogen) atoms. The van der Waals surface area contributed by atoms with Crippen LogP contribution in [0.4, 0.5) is 0 Å². The number of aromatic amines is 1. The zero-order valence-corrected chi connectivity index (χ0v) is 14.5. The molecule has 0 saturated carbocycles. The minimum atomic E-state index is -0.389. The van der Waals surface area contributed by atoms with Crippen LogP contribution < -0.4 is 10.3 Å². The molecule has 0 radical (unpaired) electrons. The van der Waals surface area contributed by atoms with Crippen LogP contribution >= 0.6 is 27.3 Å². The summed E-state index contributed by atoms with van der Waals surface area (Å²) in [6.07, 6.45) is 0. The molecule has 0 unspecified atom stereocenters. The standard InChI is InChI=1S/C17H11BrN2O2S/c1-22-11-4-2-10(3-5-11)14-8-12(13(9-19)17(21)20-14)15-6-7-16(18)23-15/h2-8H,1H3,(H,20,21). The van der Waals surface area contributed by atoms with Gasteiger partial charge in [0.05, 0.1) is 10.9 Å². The number of halogens is 1. The van der Waals surface area contributed by atoms with Crippen LogP contribution in [0.3, 0.4) is 0 Å². The fraction of sp³-hybridized carbons (Fsp3) is 0.0588. The maximum absolute atomic E-state index is 12.3. The van der Waals surface area contributed by atoms with Crippen molar-refractivity contribution in [2.45, 2.75) is 0 Å². The van der Waals surface area contributed by atoms with Gasteiger partial charge in [0.15, 0.2) is 0 Å². The van der Waals surface area contributed by atoms with Gasteiger partial charge in [0.2, 0.25) is 0 Å². The van der Waals surface area contributed by atoms with Crippen LogP contribution in [0, 0.1) is 11.3 Å². The van der Waals surface area contributed by atoms with Crippen molar-refractivity contribution < 1.29 is 4.74 Å². The molecular formula is C17H11BrN2O2S. The van der Waals surface area contributed by atoms with Gasteiger partial charge in [0.1, 0.15) is 17.4 Å². The Labute approximate surface area is 145 Å². The number of rotatable bonds is 3. The van der Waals surface area contributed by atoms with E-state index in [1.54, 1.807) is 7.11 Å². The number of benzene rings is 1. The van der Waals surface area contributed by atoms with Crippen molar-refractivity contribution in [2.75, 3.05) is 7.11 Å². The summed E-state index contributed by atoms with van der Waals surface area (Å²) in [6, 6.07) is 15.0. The van der Waals surface area contributed by atoms with Crippen LogP contribution in [-0.4, -0.2) is 12.1 Å². The van der Waals surface area contributed by atoms with E-state index >= 15 is 0 Å². The van der Waals surface area contributed by atoms with Crippen LogP contribution in [-0.2, 0) is 0 Å². The summed E-state index contributed by atoms with van der Waals surface area (Å²) in [5, 5.41) is 9.30. The Balaban J connectivity index is 2.18. The first kappa shape index (κ1) is 15.5. The number of H-pyrrole nitrogens is 1. The van der Waals surface area contributed by atoms with E-state index in [0.717, 1.165) is 20.0 Å². The minimum absolute atomic E-state index is 0.122. The second kappa shape index (κ2) is 6.41. The van der Waals surface area contributed by atoms with Crippen LogP contribution in [0.25, 0.3) is 21.7 Å². The number of thiophene rings is 1. The summed E-state index contributed by atoms with van der Waals surface area (Å²) < 4.78 is 6.09. The monoisotopic (exact) mass is 386 g/mol. The Bertz CT molecular complexity index is 952. The Morgan fingerprint density at radius 3 is 2.52 bits per heavy atom. The number of hydrogen-bond acceptors (Lipinski definition) is 4. The average Bonchev–Trinajstić information content (AvgIpc) is 3.00. The molecule has 1 N–H and O–H groups in total. The molecule has 0 fully saturated rings. The fourth-order valence-electron chi connectivity index (χ4n) is 2.25. The minimum Gasteiger partial charge on any atom is -0.497 e. The van der Waals surface area contributed by atoms with E-state index in [1.807, 2.05) is 48.5 Å². The van der Waals surface area contributed by atoms with Crippen molar-refractivity contribution in [3.63, 3.8) is 0 Å². The van der Waals surface area contributed by atoms with Gasteiger partial charge in [-0.05, 0) is 64.0 Å². The van der Waals surface area contributed by atoms with Crippen LogP contribution in [0.5, 0.6) is 5.75 Å². The molecule has 4 nitrogen and oxygen atoms in total. The molecule has 0 aliphatic carbocycles. The maximum Gasteiger partial charge on any atom is 0.267 e. The largest absolute Gasteiger partial charge is 0.497 e. The third-order valence-electron chi connectivity index (χ3n) is 3.38. The highest BCUT2D eigenvalue weighted by Gasteiger charge is 2.14. The SMILES string of the molecule is COc1ccc(-c2cc(-c3ccc(Br)s3)c(C#N)c(=O)[nH]2)cc1. The number of methoxy groups -OCH3 is 1. The maximum atomic E-state index is 12.3. The highest BCUT2D eigenvalue weighted by Crippen LogP contribution is 2.34. The van der Waals surface area contributed by atoms with E-state index < -0.39 is 0 Å². The topological polar surface area (TPSA) is 65.9 Å². The van der Waals surface area contributed by atoms with Crippen molar-refractivity contribution in [3.8, 4) is 33.5 Å². The summed E-state index contributed by atoms with van der Waals surface area (Å²) in [7, 11) is 1.60. The van der Waals surface area contributed by atoms with Crippen molar-refractivity contribution >= 4 is 27.3 Å². The van der Waals surface area contributed by atoms with Gasteiger partial charge in [0, 0.05) is 16.1 Å². The van der Waals surface area contributed by atoms with E-state index in [-0.39, 0.29) is 11.1 Å². The van der Waals surface area contributed by atoms with E-state index in [2.05, 4.69) is 20.9 Å². The highest BCUT2D eigenvalue weighted by atomic mass is 79.9. The summed E-state index contributed by atoms with van der Waals surface area (Å²) in [4.78, 5) is 15.9. The van der Waals surface area contributed by atoms with Gasteiger partial charge in [-0.25, -0.2) is 0 Å². The van der Waals surface area contributed by atoms with Crippen molar-refractivity contribution in [1.82, 2.24) is 4.98 Å². The van der Waals surface area contributed by atoms with Gasteiger partial charge in [-0.2, -0.15) is 5.26 Å². The Morgan fingerprint density at radius 1 is 1.22 bits per heavy atom. The summed E-state index contributed by atoms with van der Waals surface area (Å²) in [5.74, 6) is 0.743. The molecule has 6 heteroatoms. The van der Waals surface area contributed by atoms with Crippen LogP contribution in [0.1, 0.15) is 5.56 Å². The van der Waals surface area contributed by atoms with Gasteiger partial charge in [0.25, 0.3) is 5.56 Å². The number of nitriles is 1. The summed E-state index contributed by atoms with van der Waals surface area (Å²) in [6.45, 7) is 0. The number of aromatic nitrogens is 1. The van der Waals surface area contributed by atoms with Gasteiger partial charge in [-0.1, -0.05) is 0 Å². The van der Waals surface area contributed by atoms with Crippen LogP contribution in [0.15, 0.2) is 51.0 Å². The summed E-state index contributed by atoms with van der Waals surface area (Å²) >= 11 is 4.89. The van der Waals surface area contributed by atoms with Crippen molar-refractivity contribution in [3.05, 3.63) is 62.2 Å². The molecule has 1 aromatic carbocycles. The molecule has 114 valence electrons. The smallest absolute Gasteiger partial charge is 0.267 e. The third-order valence-corrected chi connectivity index (χ3v) is 5.04. The normalized spacial score (nSPS) is 10.3. The number of hydrogen-bond donors (Lipinski definition) is 1. The lowest BCUT2D eigenvalue weighted by Crippen LogP contribution is -2.12. The van der Waals surface area contributed by atoms with E-state index in [9.17, 15) is 10.1 Å². The third kappa shape index (κ3) is 3.07. The molecule has 0 atom stereocenters. The van der Waals surface area contributed by atoms with E-state index in [0.29, 0.717) is 11.3 Å². The molecule has 0 aliphatic rings. The zero-order valence-electron chi connectivity index (χ0n) is 12.1. The molecule has 0 saturated heterocycles. The number of nitrogens with zero attached hydrogens (tertiary/aromatic N) is 1. The predicted octanol–water partition coefficient (Wildman–Crippen LogP) is 4.41. The first-order valence-corrected chi connectivity index (χ1v) is 8.31. The second-order valence-electron chi connectivity index (χ2n) is 4.74. The molecule has 2 heterocycles. The highest BCUT2D eigenvalue weighted by molar-refractivity contribution is 9.11. The first-order chi connectivity index (χ1) is 11.1. The Kier molecular flexibility index (Phi) is 4.33. The second-order valence-corrected chi connectivity index (χ2v) is 7.21. The first-order valence-electron chi connectivity index (χ1n) is 6.70. The Morgan fingerprint density at radius 2 is 1.96 bits per heavy atom. The van der Waals surface area contributed by atoms with Crippen molar-refractivity contribution in [2.24, 2.45) is 0 Å². The zero-order chi connectivity index (χ0) is 16.4. The average molecular weight is 387 g/mol. The van der Waals surface area contributed by atoms with Gasteiger partial charge >= 0.3 is 0 Å². The molecule has 2 aromatic heterocycles. The predicted molar refractivity (Wildman–Crippen MR) is 94.8 cm³/mol. The summed E-state index contributed by atoms with van der Waals surface area (Å²) in [5.41, 5.74) is 1.88. The molecule has 0 amide bonds.